The molecular formula is C46H31NO. The molecule has 0 aliphatic heterocycles. The summed E-state index contributed by atoms with van der Waals surface area (Å²) in [4.78, 5) is 2.31. The van der Waals surface area contributed by atoms with Crippen LogP contribution in [-0.2, 0) is 0 Å². The van der Waals surface area contributed by atoms with Crippen LogP contribution in [0.3, 0.4) is 0 Å². The zero-order valence-electron chi connectivity index (χ0n) is 26.3. The highest BCUT2D eigenvalue weighted by Crippen LogP contribution is 2.43. The van der Waals surface area contributed by atoms with Crippen molar-refractivity contribution >= 4 is 49.8 Å². The molecule has 2 heteroatoms. The fourth-order valence-corrected chi connectivity index (χ4v) is 6.95. The van der Waals surface area contributed by atoms with Gasteiger partial charge in [-0.2, -0.15) is 0 Å². The Morgan fingerprint density at radius 2 is 0.750 bits per heavy atom. The van der Waals surface area contributed by atoms with E-state index in [4.69, 9.17) is 4.42 Å². The SMILES string of the molecule is c1ccc(-c2ccc(N(c3ccccc3)c3ccc(-c4cc5c6cccc(-c7ccccc7)c6oc5c5ccccc45)cc3)cc2)cc1. The van der Waals surface area contributed by atoms with Crippen LogP contribution >= 0.6 is 0 Å². The first-order chi connectivity index (χ1) is 23.8. The van der Waals surface area contributed by atoms with E-state index in [1.54, 1.807) is 0 Å². The lowest BCUT2D eigenvalue weighted by atomic mass is 9.94. The molecule has 0 N–H and O–H groups in total. The Bertz CT molecular complexity index is 2520. The summed E-state index contributed by atoms with van der Waals surface area (Å²) in [6.45, 7) is 0. The third-order valence-corrected chi connectivity index (χ3v) is 9.27. The van der Waals surface area contributed by atoms with Crippen LogP contribution in [0.1, 0.15) is 0 Å². The van der Waals surface area contributed by atoms with Gasteiger partial charge in [-0.25, -0.2) is 0 Å². The molecule has 8 aromatic carbocycles. The fourth-order valence-electron chi connectivity index (χ4n) is 6.95. The Kier molecular flexibility index (Phi) is 6.84. The lowest BCUT2D eigenvalue weighted by Crippen LogP contribution is -2.09. The van der Waals surface area contributed by atoms with Crippen molar-refractivity contribution < 1.29 is 4.42 Å². The first-order valence-electron chi connectivity index (χ1n) is 16.4. The summed E-state index contributed by atoms with van der Waals surface area (Å²) in [5.74, 6) is 0. The molecule has 0 aliphatic carbocycles. The van der Waals surface area contributed by atoms with Crippen LogP contribution in [0.5, 0.6) is 0 Å². The Hall–Kier alpha value is -6.38. The third kappa shape index (κ3) is 4.83. The molecule has 9 rings (SSSR count). The maximum atomic E-state index is 6.72. The van der Waals surface area contributed by atoms with Crippen LogP contribution in [0.15, 0.2) is 192 Å². The molecule has 226 valence electrons. The molecule has 0 atom stereocenters. The highest BCUT2D eigenvalue weighted by Gasteiger charge is 2.18. The minimum Gasteiger partial charge on any atom is -0.455 e. The van der Waals surface area contributed by atoms with Crippen molar-refractivity contribution in [2.45, 2.75) is 0 Å². The smallest absolute Gasteiger partial charge is 0.143 e. The summed E-state index contributed by atoms with van der Waals surface area (Å²) in [6, 6.07) is 66.7. The van der Waals surface area contributed by atoms with E-state index in [1.807, 2.05) is 6.07 Å². The van der Waals surface area contributed by atoms with Gasteiger partial charge in [0.25, 0.3) is 0 Å². The van der Waals surface area contributed by atoms with E-state index >= 15 is 0 Å². The van der Waals surface area contributed by atoms with E-state index < -0.39 is 0 Å². The first-order valence-corrected chi connectivity index (χ1v) is 16.4. The molecule has 0 unspecified atom stereocenters. The van der Waals surface area contributed by atoms with E-state index in [-0.39, 0.29) is 0 Å². The summed E-state index contributed by atoms with van der Waals surface area (Å²) in [5, 5.41) is 4.55. The second-order valence-electron chi connectivity index (χ2n) is 12.1. The van der Waals surface area contributed by atoms with Crippen molar-refractivity contribution in [3.8, 4) is 33.4 Å². The molecule has 0 radical (unpaired) electrons. The number of hydrogen-bond donors (Lipinski definition) is 0. The third-order valence-electron chi connectivity index (χ3n) is 9.27. The summed E-state index contributed by atoms with van der Waals surface area (Å²) < 4.78 is 6.72. The van der Waals surface area contributed by atoms with Crippen LogP contribution in [0.2, 0.25) is 0 Å². The van der Waals surface area contributed by atoms with Gasteiger partial charge in [-0.05, 0) is 75.7 Å². The molecule has 0 spiro atoms. The zero-order chi connectivity index (χ0) is 31.9. The fraction of sp³-hybridized carbons (Fsp3) is 0. The summed E-state index contributed by atoms with van der Waals surface area (Å²) in [6.07, 6.45) is 0. The van der Waals surface area contributed by atoms with Gasteiger partial charge in [0.1, 0.15) is 11.2 Å². The summed E-state index contributed by atoms with van der Waals surface area (Å²) >= 11 is 0. The standard InChI is InChI=1S/C46H31NO/c1-4-13-32(14-5-1)33-23-27-37(28-24-33)47(36-17-8-3-9-18-36)38-29-25-35(26-30-38)43-31-44-42-22-12-21-39(34-15-6-2-7-16-34)45(42)48-46(44)41-20-11-10-19-40(41)43/h1-31H. The predicted molar refractivity (Wildman–Crippen MR) is 202 cm³/mol. The molecule has 0 saturated heterocycles. The predicted octanol–water partition coefficient (Wildman–Crippen LogP) is 13.2. The molecular weight excluding hydrogens is 583 g/mol. The van der Waals surface area contributed by atoms with Gasteiger partial charge >= 0.3 is 0 Å². The van der Waals surface area contributed by atoms with Gasteiger partial charge in [0.2, 0.25) is 0 Å². The number of furan rings is 1. The highest BCUT2D eigenvalue weighted by molar-refractivity contribution is 6.20. The van der Waals surface area contributed by atoms with Gasteiger partial charge in [-0.3, -0.25) is 0 Å². The lowest BCUT2D eigenvalue weighted by molar-refractivity contribution is 0.674. The van der Waals surface area contributed by atoms with Crippen LogP contribution in [0, 0.1) is 0 Å². The van der Waals surface area contributed by atoms with Gasteiger partial charge in [0.15, 0.2) is 0 Å². The van der Waals surface area contributed by atoms with Crippen LogP contribution in [-0.4, -0.2) is 0 Å². The largest absolute Gasteiger partial charge is 0.455 e. The van der Waals surface area contributed by atoms with Gasteiger partial charge in [-0.15, -0.1) is 0 Å². The van der Waals surface area contributed by atoms with Crippen molar-refractivity contribution in [2.75, 3.05) is 4.90 Å². The number of rotatable bonds is 6. The minimum absolute atomic E-state index is 0.924. The second-order valence-corrected chi connectivity index (χ2v) is 12.1. The molecule has 1 aromatic heterocycles. The number of hydrogen-bond acceptors (Lipinski definition) is 2. The molecule has 0 saturated carbocycles. The van der Waals surface area contributed by atoms with E-state index in [9.17, 15) is 0 Å². The number of nitrogens with zero attached hydrogens (tertiary/aromatic N) is 1. The molecule has 0 amide bonds. The van der Waals surface area contributed by atoms with E-state index in [0.29, 0.717) is 0 Å². The summed E-state index contributed by atoms with van der Waals surface area (Å²) in [7, 11) is 0. The van der Waals surface area contributed by atoms with Crippen LogP contribution < -0.4 is 4.90 Å². The zero-order valence-corrected chi connectivity index (χ0v) is 26.3. The average Bonchev–Trinajstić information content (AvgIpc) is 3.56. The molecule has 0 aliphatic rings. The van der Waals surface area contributed by atoms with E-state index in [0.717, 1.165) is 61.1 Å². The average molecular weight is 614 g/mol. The Labute approximate surface area is 279 Å². The molecule has 0 bridgehead atoms. The Morgan fingerprint density at radius 1 is 0.292 bits per heavy atom. The Balaban J connectivity index is 1.16. The minimum atomic E-state index is 0.924. The van der Waals surface area contributed by atoms with E-state index in [1.165, 1.54) is 22.1 Å². The van der Waals surface area contributed by atoms with Gasteiger partial charge in [0, 0.05) is 38.8 Å². The molecule has 2 nitrogen and oxygen atoms in total. The number of para-hydroxylation sites is 2. The van der Waals surface area contributed by atoms with Crippen molar-refractivity contribution in [3.05, 3.63) is 188 Å². The maximum Gasteiger partial charge on any atom is 0.143 e. The van der Waals surface area contributed by atoms with Crippen LogP contribution in [0.4, 0.5) is 17.1 Å². The molecule has 0 fully saturated rings. The molecule has 1 heterocycles. The number of fused-ring (bicyclic) bond motifs is 5. The quantitative estimate of drug-likeness (QED) is 0.185. The highest BCUT2D eigenvalue weighted by atomic mass is 16.3. The monoisotopic (exact) mass is 613 g/mol. The molecule has 48 heavy (non-hydrogen) atoms. The van der Waals surface area contributed by atoms with Crippen molar-refractivity contribution in [1.82, 2.24) is 0 Å². The second kappa shape index (κ2) is 11.8. The normalized spacial score (nSPS) is 11.3. The topological polar surface area (TPSA) is 16.4 Å². The van der Waals surface area contributed by atoms with Crippen molar-refractivity contribution in [3.63, 3.8) is 0 Å². The van der Waals surface area contributed by atoms with Gasteiger partial charge in [-0.1, -0.05) is 146 Å². The number of anilines is 3. The number of benzene rings is 8. The van der Waals surface area contributed by atoms with Crippen molar-refractivity contribution in [2.24, 2.45) is 0 Å². The summed E-state index contributed by atoms with van der Waals surface area (Å²) in [5.41, 5.74) is 12.2. The lowest BCUT2D eigenvalue weighted by Gasteiger charge is -2.26. The molecule has 9 aromatic rings. The van der Waals surface area contributed by atoms with E-state index in [2.05, 4.69) is 187 Å². The van der Waals surface area contributed by atoms with Gasteiger partial charge in [0.05, 0.1) is 0 Å². The van der Waals surface area contributed by atoms with Crippen molar-refractivity contribution in [1.29, 1.82) is 0 Å². The van der Waals surface area contributed by atoms with Crippen LogP contribution in [0.25, 0.3) is 66.1 Å². The maximum absolute atomic E-state index is 6.72. The first kappa shape index (κ1) is 27.9. The Morgan fingerprint density at radius 3 is 1.42 bits per heavy atom. The van der Waals surface area contributed by atoms with Gasteiger partial charge < -0.3 is 9.32 Å².